The monoisotopic (exact) mass is 323 g/mol. The molecule has 0 saturated carbocycles. The third-order valence-corrected chi connectivity index (χ3v) is 5.28. The average molecular weight is 323 g/mol. The Morgan fingerprint density at radius 2 is 1.91 bits per heavy atom. The smallest absolute Gasteiger partial charge is 0.159 e. The third-order valence-electron chi connectivity index (χ3n) is 5.28. The predicted octanol–water partition coefficient (Wildman–Crippen LogP) is 2.61. The van der Waals surface area contributed by atoms with Gasteiger partial charge in [0.15, 0.2) is 11.6 Å². The molecule has 3 rings (SSSR count). The summed E-state index contributed by atoms with van der Waals surface area (Å²) in [4.78, 5) is 5.04. The number of piperidine rings is 1. The first-order chi connectivity index (χ1) is 11.2. The number of hydrogen-bond acceptors (Lipinski definition) is 3. The summed E-state index contributed by atoms with van der Waals surface area (Å²) in [7, 11) is 0. The Morgan fingerprint density at radius 3 is 2.61 bits per heavy atom. The topological polar surface area (TPSA) is 18.5 Å². The summed E-state index contributed by atoms with van der Waals surface area (Å²) in [5, 5.41) is 3.49. The lowest BCUT2D eigenvalue weighted by atomic mass is 9.98. The number of nitrogens with zero attached hydrogens (tertiary/aromatic N) is 2. The van der Waals surface area contributed by atoms with Crippen LogP contribution in [0.4, 0.5) is 8.78 Å². The normalized spacial score (nSPS) is 24.9. The van der Waals surface area contributed by atoms with E-state index in [0.717, 1.165) is 38.3 Å². The quantitative estimate of drug-likeness (QED) is 0.919. The van der Waals surface area contributed by atoms with Gasteiger partial charge in [0.2, 0.25) is 0 Å². The van der Waals surface area contributed by atoms with Crippen molar-refractivity contribution in [2.24, 2.45) is 0 Å². The van der Waals surface area contributed by atoms with Gasteiger partial charge in [-0.2, -0.15) is 0 Å². The molecule has 2 saturated heterocycles. The summed E-state index contributed by atoms with van der Waals surface area (Å²) in [5.74, 6) is -1.51. The zero-order valence-electron chi connectivity index (χ0n) is 13.9. The van der Waals surface area contributed by atoms with Crippen LogP contribution in [0.5, 0.6) is 0 Å². The molecule has 2 aliphatic heterocycles. The van der Waals surface area contributed by atoms with Crippen molar-refractivity contribution in [3.05, 3.63) is 35.4 Å². The Balaban J connectivity index is 1.52. The fraction of sp³-hybridized carbons (Fsp3) is 0.667. The number of nitrogens with one attached hydrogen (secondary N) is 1. The van der Waals surface area contributed by atoms with Gasteiger partial charge in [0.05, 0.1) is 0 Å². The summed E-state index contributed by atoms with van der Waals surface area (Å²) in [5.41, 5.74) is 0.857. The zero-order valence-corrected chi connectivity index (χ0v) is 13.9. The van der Waals surface area contributed by atoms with Crippen molar-refractivity contribution in [2.75, 3.05) is 32.7 Å². The van der Waals surface area contributed by atoms with Crippen LogP contribution in [0.25, 0.3) is 0 Å². The van der Waals surface area contributed by atoms with Crippen LogP contribution in [0.15, 0.2) is 18.2 Å². The van der Waals surface area contributed by atoms with Gasteiger partial charge < -0.3 is 5.32 Å². The van der Waals surface area contributed by atoms with E-state index in [1.54, 1.807) is 6.07 Å². The van der Waals surface area contributed by atoms with E-state index in [9.17, 15) is 8.78 Å². The number of likely N-dealkylation sites (tertiary alicyclic amines) is 1. The first-order valence-electron chi connectivity index (χ1n) is 8.80. The molecular formula is C18H27F2N3. The summed E-state index contributed by atoms with van der Waals surface area (Å²) < 4.78 is 26.3. The number of rotatable bonds is 4. The second-order valence-electron chi connectivity index (χ2n) is 6.76. The summed E-state index contributed by atoms with van der Waals surface area (Å²) in [6.07, 6.45) is 3.53. The molecule has 1 aromatic rings. The number of piperazine rings is 1. The van der Waals surface area contributed by atoms with Gasteiger partial charge in [-0.3, -0.25) is 9.80 Å². The molecule has 23 heavy (non-hydrogen) atoms. The third kappa shape index (κ3) is 4.08. The van der Waals surface area contributed by atoms with Crippen molar-refractivity contribution in [3.8, 4) is 0 Å². The van der Waals surface area contributed by atoms with Crippen molar-refractivity contribution in [2.45, 2.75) is 44.8 Å². The summed E-state index contributed by atoms with van der Waals surface area (Å²) >= 11 is 0. The maximum Gasteiger partial charge on any atom is 0.159 e. The van der Waals surface area contributed by atoms with E-state index in [-0.39, 0.29) is 0 Å². The Hall–Kier alpha value is -1.04. The van der Waals surface area contributed by atoms with E-state index in [1.165, 1.54) is 31.4 Å². The van der Waals surface area contributed by atoms with Crippen molar-refractivity contribution >= 4 is 0 Å². The number of benzene rings is 1. The highest BCUT2D eigenvalue weighted by atomic mass is 19.2. The minimum absolute atomic E-state index is 0.659. The molecule has 0 aromatic heterocycles. The molecule has 2 fully saturated rings. The van der Waals surface area contributed by atoms with Gasteiger partial charge in [0, 0.05) is 38.3 Å². The maximum atomic E-state index is 13.3. The molecule has 5 heteroatoms. The van der Waals surface area contributed by atoms with Crippen molar-refractivity contribution in [1.82, 2.24) is 15.1 Å². The maximum absolute atomic E-state index is 13.3. The Morgan fingerprint density at radius 1 is 1.13 bits per heavy atom. The molecule has 0 bridgehead atoms. The molecular weight excluding hydrogens is 296 g/mol. The lowest BCUT2D eigenvalue weighted by Crippen LogP contribution is -2.57. The van der Waals surface area contributed by atoms with E-state index >= 15 is 0 Å². The molecule has 1 unspecified atom stereocenters. The number of hydrogen-bond donors (Lipinski definition) is 1. The lowest BCUT2D eigenvalue weighted by Gasteiger charge is -2.44. The number of halogens is 2. The van der Waals surface area contributed by atoms with Gasteiger partial charge in [-0.25, -0.2) is 8.78 Å². The molecule has 0 spiro atoms. The molecule has 2 aliphatic rings. The minimum Gasteiger partial charge on any atom is -0.314 e. The Bertz CT molecular complexity index is 515. The van der Waals surface area contributed by atoms with Crippen molar-refractivity contribution in [3.63, 3.8) is 0 Å². The van der Waals surface area contributed by atoms with E-state index < -0.39 is 11.6 Å². The Labute approximate surface area is 137 Å². The van der Waals surface area contributed by atoms with Crippen LogP contribution >= 0.6 is 0 Å². The van der Waals surface area contributed by atoms with Crippen molar-refractivity contribution < 1.29 is 8.78 Å². The van der Waals surface area contributed by atoms with Crippen LogP contribution in [-0.4, -0.2) is 54.6 Å². The van der Waals surface area contributed by atoms with Gasteiger partial charge in [-0.1, -0.05) is 13.0 Å². The van der Waals surface area contributed by atoms with E-state index in [2.05, 4.69) is 22.0 Å². The average Bonchev–Trinajstić information content (AvgIpc) is 2.59. The van der Waals surface area contributed by atoms with Gasteiger partial charge in [0.1, 0.15) is 0 Å². The van der Waals surface area contributed by atoms with Gasteiger partial charge in [-0.05, 0) is 50.0 Å². The second kappa shape index (κ2) is 7.69. The minimum atomic E-state index is -0.767. The summed E-state index contributed by atoms with van der Waals surface area (Å²) in [6.45, 7) is 8.38. The fourth-order valence-electron chi connectivity index (χ4n) is 3.94. The van der Waals surface area contributed by atoms with Crippen LogP contribution in [0.2, 0.25) is 0 Å². The molecule has 0 aliphatic carbocycles. The second-order valence-corrected chi connectivity index (χ2v) is 6.76. The molecule has 2 heterocycles. The van der Waals surface area contributed by atoms with Crippen LogP contribution < -0.4 is 5.32 Å². The highest BCUT2D eigenvalue weighted by Gasteiger charge is 2.30. The van der Waals surface area contributed by atoms with E-state index in [4.69, 9.17) is 0 Å². The molecule has 0 radical (unpaired) electrons. The van der Waals surface area contributed by atoms with Crippen LogP contribution in [-0.2, 0) is 6.54 Å². The molecule has 3 nitrogen and oxygen atoms in total. The predicted molar refractivity (Wildman–Crippen MR) is 88.3 cm³/mol. The SMILES string of the molecule is CCC1CNCCN1C1CCN(Cc2ccc(F)c(F)c2)CC1. The van der Waals surface area contributed by atoms with E-state index in [1.807, 2.05) is 0 Å². The first-order valence-corrected chi connectivity index (χ1v) is 8.80. The highest BCUT2D eigenvalue weighted by molar-refractivity contribution is 5.17. The fourth-order valence-corrected chi connectivity index (χ4v) is 3.94. The van der Waals surface area contributed by atoms with E-state index in [0.29, 0.717) is 18.6 Å². The van der Waals surface area contributed by atoms with Crippen molar-refractivity contribution in [1.29, 1.82) is 0 Å². The lowest BCUT2D eigenvalue weighted by molar-refractivity contribution is 0.0543. The van der Waals surface area contributed by atoms with Crippen LogP contribution in [0, 0.1) is 11.6 Å². The Kier molecular flexibility index (Phi) is 5.62. The van der Waals surface area contributed by atoms with Gasteiger partial charge >= 0.3 is 0 Å². The van der Waals surface area contributed by atoms with Gasteiger partial charge in [-0.15, -0.1) is 0 Å². The molecule has 0 amide bonds. The molecule has 128 valence electrons. The largest absolute Gasteiger partial charge is 0.314 e. The standard InChI is InChI=1S/C18H27F2N3/c1-2-15-12-21-7-10-23(15)16-5-8-22(9-6-16)13-14-3-4-17(19)18(20)11-14/h3-4,11,15-16,21H,2,5-10,12-13H2,1H3. The summed E-state index contributed by atoms with van der Waals surface area (Å²) in [6, 6.07) is 5.57. The zero-order chi connectivity index (χ0) is 16.2. The first kappa shape index (κ1) is 16.8. The van der Waals surface area contributed by atoms with Crippen LogP contribution in [0.3, 0.4) is 0 Å². The highest BCUT2D eigenvalue weighted by Crippen LogP contribution is 2.22. The molecule has 1 N–H and O–H groups in total. The molecule has 1 atom stereocenters. The van der Waals surface area contributed by atoms with Crippen LogP contribution in [0.1, 0.15) is 31.7 Å². The van der Waals surface area contributed by atoms with Gasteiger partial charge in [0.25, 0.3) is 0 Å². The molecule has 1 aromatic carbocycles.